The summed E-state index contributed by atoms with van der Waals surface area (Å²) in [6, 6.07) is 4.06. The van der Waals surface area contributed by atoms with Gasteiger partial charge in [0.15, 0.2) is 11.5 Å². The molecule has 0 aliphatic heterocycles. The van der Waals surface area contributed by atoms with Crippen LogP contribution >= 0.6 is 15.9 Å². The van der Waals surface area contributed by atoms with E-state index in [1.165, 1.54) is 5.57 Å². The lowest BCUT2D eigenvalue weighted by molar-refractivity contribution is 0.309. The summed E-state index contributed by atoms with van der Waals surface area (Å²) in [6.07, 6.45) is 3.20. The molecule has 0 atom stereocenters. The second-order valence-corrected chi connectivity index (χ2v) is 5.01. The zero-order chi connectivity index (χ0) is 14.3. The largest absolute Gasteiger partial charge is 0.493 e. The highest BCUT2D eigenvalue weighted by Crippen LogP contribution is 2.37. The summed E-state index contributed by atoms with van der Waals surface area (Å²) in [4.78, 5) is 0. The molecular formula is C15H22BrNO2. The fourth-order valence-corrected chi connectivity index (χ4v) is 2.42. The molecule has 3 nitrogen and oxygen atoms in total. The molecule has 19 heavy (non-hydrogen) atoms. The van der Waals surface area contributed by atoms with Crippen molar-refractivity contribution in [2.75, 3.05) is 27.3 Å². The molecule has 0 aliphatic rings. The van der Waals surface area contributed by atoms with Crippen molar-refractivity contribution in [3.05, 3.63) is 27.7 Å². The Labute approximate surface area is 124 Å². The fourth-order valence-electron chi connectivity index (χ4n) is 1.85. The van der Waals surface area contributed by atoms with Crippen molar-refractivity contribution in [3.8, 4) is 11.5 Å². The number of nitrogens with one attached hydrogen (secondary N) is 1. The molecule has 1 aromatic carbocycles. The summed E-state index contributed by atoms with van der Waals surface area (Å²) in [5.41, 5.74) is 2.46. The first kappa shape index (κ1) is 16.1. The van der Waals surface area contributed by atoms with Gasteiger partial charge in [0.05, 0.1) is 18.2 Å². The molecule has 0 radical (unpaired) electrons. The number of hydrogen-bond donors (Lipinski definition) is 1. The maximum atomic E-state index is 5.59. The van der Waals surface area contributed by atoms with Crippen molar-refractivity contribution in [2.24, 2.45) is 0 Å². The van der Waals surface area contributed by atoms with Gasteiger partial charge in [-0.15, -0.1) is 0 Å². The van der Waals surface area contributed by atoms with Crippen LogP contribution in [0.3, 0.4) is 0 Å². The number of benzene rings is 1. The average molecular weight is 328 g/mol. The second-order valence-electron chi connectivity index (χ2n) is 4.15. The molecule has 106 valence electrons. The van der Waals surface area contributed by atoms with Crippen molar-refractivity contribution >= 4 is 22.0 Å². The molecule has 1 rings (SSSR count). The van der Waals surface area contributed by atoms with Crippen molar-refractivity contribution in [3.63, 3.8) is 0 Å². The van der Waals surface area contributed by atoms with Gasteiger partial charge in [-0.25, -0.2) is 0 Å². The minimum atomic E-state index is 0.615. The molecule has 0 spiro atoms. The predicted molar refractivity (Wildman–Crippen MR) is 84.1 cm³/mol. The van der Waals surface area contributed by atoms with Gasteiger partial charge in [-0.05, 0) is 54.0 Å². The van der Waals surface area contributed by atoms with Gasteiger partial charge in [-0.3, -0.25) is 0 Å². The standard InChI is InChI=1S/C15H22BrNO2/c1-5-11(10-17-3)7-12-8-13(16)15(19-6-2)14(9-12)18-4/h7-9,17H,5-6,10H2,1-4H3. The monoisotopic (exact) mass is 327 g/mol. The Morgan fingerprint density at radius 1 is 1.37 bits per heavy atom. The number of halogens is 1. The van der Waals surface area contributed by atoms with E-state index in [0.717, 1.165) is 34.5 Å². The highest BCUT2D eigenvalue weighted by molar-refractivity contribution is 9.10. The summed E-state index contributed by atoms with van der Waals surface area (Å²) < 4.78 is 11.9. The lowest BCUT2D eigenvalue weighted by atomic mass is 10.1. The topological polar surface area (TPSA) is 30.5 Å². The minimum absolute atomic E-state index is 0.615. The van der Waals surface area contributed by atoms with E-state index in [-0.39, 0.29) is 0 Å². The molecule has 0 amide bonds. The van der Waals surface area contributed by atoms with Crippen molar-refractivity contribution in [2.45, 2.75) is 20.3 Å². The van der Waals surface area contributed by atoms with Crippen molar-refractivity contribution < 1.29 is 9.47 Å². The van der Waals surface area contributed by atoms with Crippen LogP contribution in [-0.2, 0) is 0 Å². The molecule has 4 heteroatoms. The summed E-state index contributed by atoms with van der Waals surface area (Å²) in [7, 11) is 3.62. The maximum Gasteiger partial charge on any atom is 0.175 e. The summed E-state index contributed by atoms with van der Waals surface area (Å²) in [6.45, 7) is 5.62. The zero-order valence-electron chi connectivity index (χ0n) is 12.0. The first-order chi connectivity index (χ1) is 9.15. The molecule has 0 aromatic heterocycles. The number of rotatable bonds is 7. The molecule has 0 unspecified atom stereocenters. The third kappa shape index (κ3) is 4.55. The van der Waals surface area contributed by atoms with Crippen LogP contribution in [0, 0.1) is 0 Å². The molecule has 0 aliphatic carbocycles. The third-order valence-corrected chi connectivity index (χ3v) is 3.36. The molecule has 0 bridgehead atoms. The van der Waals surface area contributed by atoms with Crippen LogP contribution in [0.25, 0.3) is 6.08 Å². The molecule has 1 N–H and O–H groups in total. The van der Waals surface area contributed by atoms with E-state index >= 15 is 0 Å². The van der Waals surface area contributed by atoms with Crippen molar-refractivity contribution in [1.82, 2.24) is 5.32 Å². The summed E-state index contributed by atoms with van der Waals surface area (Å²) >= 11 is 3.54. The average Bonchev–Trinajstić information content (AvgIpc) is 2.41. The van der Waals surface area contributed by atoms with E-state index in [2.05, 4.69) is 40.3 Å². The summed E-state index contributed by atoms with van der Waals surface area (Å²) in [5, 5.41) is 3.18. The van der Waals surface area contributed by atoms with Crippen molar-refractivity contribution in [1.29, 1.82) is 0 Å². The van der Waals surface area contributed by atoms with E-state index in [1.54, 1.807) is 7.11 Å². The van der Waals surface area contributed by atoms with Crippen LogP contribution in [0.1, 0.15) is 25.8 Å². The van der Waals surface area contributed by atoms with Gasteiger partial charge in [0, 0.05) is 6.54 Å². The van der Waals surface area contributed by atoms with Crippen LogP contribution < -0.4 is 14.8 Å². The van der Waals surface area contributed by atoms with Gasteiger partial charge in [-0.1, -0.05) is 18.6 Å². The van der Waals surface area contributed by atoms with Crippen LogP contribution in [0.2, 0.25) is 0 Å². The first-order valence-corrected chi connectivity index (χ1v) is 7.29. The third-order valence-electron chi connectivity index (χ3n) is 2.77. The Kier molecular flexibility index (Phi) is 6.95. The van der Waals surface area contributed by atoms with Gasteiger partial charge in [0.1, 0.15) is 0 Å². The SMILES string of the molecule is CCOc1c(Br)cc(C=C(CC)CNC)cc1OC. The minimum Gasteiger partial charge on any atom is -0.493 e. The molecule has 0 saturated carbocycles. The first-order valence-electron chi connectivity index (χ1n) is 6.50. The Morgan fingerprint density at radius 3 is 2.63 bits per heavy atom. The number of likely N-dealkylation sites (N-methyl/N-ethyl adjacent to an activating group) is 1. The second kappa shape index (κ2) is 8.23. The van der Waals surface area contributed by atoms with E-state index in [4.69, 9.17) is 9.47 Å². The summed E-state index contributed by atoms with van der Waals surface area (Å²) in [5.74, 6) is 1.51. The van der Waals surface area contributed by atoms with Crippen LogP contribution in [0.5, 0.6) is 11.5 Å². The van der Waals surface area contributed by atoms with E-state index < -0.39 is 0 Å². The van der Waals surface area contributed by atoms with E-state index in [0.29, 0.717) is 6.61 Å². The maximum absolute atomic E-state index is 5.59. The van der Waals surface area contributed by atoms with E-state index in [9.17, 15) is 0 Å². The Balaban J connectivity index is 3.13. The fraction of sp³-hybridized carbons (Fsp3) is 0.467. The Hall–Kier alpha value is -1.00. The number of ether oxygens (including phenoxy) is 2. The van der Waals surface area contributed by atoms with Crippen LogP contribution in [0.15, 0.2) is 22.2 Å². The molecule has 1 aromatic rings. The molecule has 0 saturated heterocycles. The van der Waals surface area contributed by atoms with Gasteiger partial charge in [-0.2, -0.15) is 0 Å². The highest BCUT2D eigenvalue weighted by Gasteiger charge is 2.10. The van der Waals surface area contributed by atoms with Crippen LogP contribution in [-0.4, -0.2) is 27.3 Å². The predicted octanol–water partition coefficient (Wildman–Crippen LogP) is 3.87. The zero-order valence-corrected chi connectivity index (χ0v) is 13.6. The highest BCUT2D eigenvalue weighted by atomic mass is 79.9. The number of hydrogen-bond acceptors (Lipinski definition) is 3. The van der Waals surface area contributed by atoms with Gasteiger partial charge >= 0.3 is 0 Å². The van der Waals surface area contributed by atoms with Gasteiger partial charge < -0.3 is 14.8 Å². The normalized spacial score (nSPS) is 11.5. The Morgan fingerprint density at radius 2 is 2.11 bits per heavy atom. The Bertz CT molecular complexity index is 444. The smallest absolute Gasteiger partial charge is 0.175 e. The molecule has 0 fully saturated rings. The van der Waals surface area contributed by atoms with E-state index in [1.807, 2.05) is 20.0 Å². The van der Waals surface area contributed by atoms with Gasteiger partial charge in [0.2, 0.25) is 0 Å². The quantitative estimate of drug-likeness (QED) is 0.824. The molecule has 0 heterocycles. The van der Waals surface area contributed by atoms with Gasteiger partial charge in [0.25, 0.3) is 0 Å². The number of methoxy groups -OCH3 is 1. The lowest BCUT2D eigenvalue weighted by Crippen LogP contribution is -2.09. The lowest BCUT2D eigenvalue weighted by Gasteiger charge is -2.13. The van der Waals surface area contributed by atoms with Crippen LogP contribution in [0.4, 0.5) is 0 Å². The molecular weight excluding hydrogens is 306 g/mol.